The summed E-state index contributed by atoms with van der Waals surface area (Å²) < 4.78 is 0. The molecular weight excluding hydrogens is 299 g/mol. The Hall–Kier alpha value is 0.850. The van der Waals surface area contributed by atoms with Gasteiger partial charge in [0.2, 0.25) is 0 Å². The molecule has 0 saturated carbocycles. The SMILES string of the molecule is CCSCCN1CCCC2(CCNCC2)CC1.Cl.Cl. The normalized spacial score (nSPS) is 23.2. The number of rotatable bonds is 4. The molecule has 0 aromatic carbocycles. The number of hydrogen-bond donors (Lipinski definition) is 1. The van der Waals surface area contributed by atoms with E-state index < -0.39 is 0 Å². The monoisotopic (exact) mass is 328 g/mol. The highest BCUT2D eigenvalue weighted by Gasteiger charge is 2.33. The topological polar surface area (TPSA) is 15.3 Å². The van der Waals surface area contributed by atoms with Crippen LogP contribution in [0.1, 0.15) is 39.0 Å². The minimum Gasteiger partial charge on any atom is -0.317 e. The summed E-state index contributed by atoms with van der Waals surface area (Å²) >= 11 is 2.08. The average molecular weight is 329 g/mol. The van der Waals surface area contributed by atoms with E-state index in [2.05, 4.69) is 28.9 Å². The summed E-state index contributed by atoms with van der Waals surface area (Å²) in [6.07, 6.45) is 7.20. The third-order valence-corrected chi connectivity index (χ3v) is 5.44. The highest BCUT2D eigenvalue weighted by Crippen LogP contribution is 2.39. The summed E-state index contributed by atoms with van der Waals surface area (Å²) in [5.41, 5.74) is 0.706. The first-order chi connectivity index (χ1) is 8.35. The van der Waals surface area contributed by atoms with Gasteiger partial charge in [0.25, 0.3) is 0 Å². The molecule has 0 unspecified atom stereocenters. The molecule has 2 heterocycles. The van der Waals surface area contributed by atoms with Crippen LogP contribution in [0, 0.1) is 5.41 Å². The molecule has 2 aliphatic heterocycles. The molecule has 2 rings (SSSR count). The minimum atomic E-state index is 0. The van der Waals surface area contributed by atoms with E-state index in [1.54, 1.807) is 0 Å². The lowest BCUT2D eigenvalue weighted by molar-refractivity contribution is 0.169. The summed E-state index contributed by atoms with van der Waals surface area (Å²) in [6, 6.07) is 0. The Bertz CT molecular complexity index is 223. The second kappa shape index (κ2) is 10.6. The van der Waals surface area contributed by atoms with Gasteiger partial charge in [-0.2, -0.15) is 11.8 Å². The van der Waals surface area contributed by atoms with Crippen molar-refractivity contribution < 1.29 is 0 Å². The molecule has 0 amide bonds. The van der Waals surface area contributed by atoms with Gasteiger partial charge in [-0.3, -0.25) is 0 Å². The average Bonchev–Trinajstić information content (AvgIpc) is 2.54. The Morgan fingerprint density at radius 2 is 1.79 bits per heavy atom. The van der Waals surface area contributed by atoms with Gasteiger partial charge in [-0.1, -0.05) is 6.92 Å². The maximum absolute atomic E-state index is 3.51. The highest BCUT2D eigenvalue weighted by atomic mass is 35.5. The van der Waals surface area contributed by atoms with Crippen molar-refractivity contribution in [3.8, 4) is 0 Å². The summed E-state index contributed by atoms with van der Waals surface area (Å²) in [6.45, 7) is 8.78. The first-order valence-electron chi connectivity index (χ1n) is 7.35. The van der Waals surface area contributed by atoms with Crippen LogP contribution in [0.25, 0.3) is 0 Å². The molecule has 2 nitrogen and oxygen atoms in total. The Labute approximate surface area is 135 Å². The molecule has 2 aliphatic rings. The quantitative estimate of drug-likeness (QED) is 0.796. The van der Waals surface area contributed by atoms with E-state index in [9.17, 15) is 0 Å². The van der Waals surface area contributed by atoms with Crippen LogP contribution in [-0.4, -0.2) is 49.1 Å². The van der Waals surface area contributed by atoms with Crippen LogP contribution in [0.5, 0.6) is 0 Å². The number of nitrogens with one attached hydrogen (secondary N) is 1. The van der Waals surface area contributed by atoms with Crippen molar-refractivity contribution in [2.45, 2.75) is 39.0 Å². The Kier molecular flexibility index (Phi) is 11.0. The fraction of sp³-hybridized carbons (Fsp3) is 1.00. The molecule has 19 heavy (non-hydrogen) atoms. The van der Waals surface area contributed by atoms with Crippen LogP contribution in [-0.2, 0) is 0 Å². The summed E-state index contributed by atoms with van der Waals surface area (Å²) in [5.74, 6) is 2.59. The van der Waals surface area contributed by atoms with E-state index in [1.165, 1.54) is 76.3 Å². The van der Waals surface area contributed by atoms with Gasteiger partial charge < -0.3 is 10.2 Å². The predicted molar refractivity (Wildman–Crippen MR) is 92.3 cm³/mol. The molecular formula is C14H30Cl2N2S. The van der Waals surface area contributed by atoms with Gasteiger partial charge >= 0.3 is 0 Å². The van der Waals surface area contributed by atoms with E-state index in [0.717, 1.165) is 0 Å². The largest absolute Gasteiger partial charge is 0.317 e. The lowest BCUT2D eigenvalue weighted by Gasteiger charge is -2.37. The zero-order valence-electron chi connectivity index (χ0n) is 12.2. The number of thioether (sulfide) groups is 1. The fourth-order valence-electron chi connectivity index (χ4n) is 3.33. The van der Waals surface area contributed by atoms with Crippen molar-refractivity contribution >= 4 is 36.6 Å². The number of likely N-dealkylation sites (tertiary alicyclic amines) is 1. The van der Waals surface area contributed by atoms with E-state index in [1.807, 2.05) is 0 Å². The van der Waals surface area contributed by atoms with Gasteiger partial charge in [0.05, 0.1) is 0 Å². The maximum atomic E-state index is 3.51. The molecule has 2 saturated heterocycles. The molecule has 5 heteroatoms. The minimum absolute atomic E-state index is 0. The van der Waals surface area contributed by atoms with Gasteiger partial charge in [0, 0.05) is 12.3 Å². The van der Waals surface area contributed by atoms with Crippen LogP contribution in [0.4, 0.5) is 0 Å². The van der Waals surface area contributed by atoms with Crippen molar-refractivity contribution in [2.75, 3.05) is 44.2 Å². The molecule has 0 radical (unpaired) electrons. The van der Waals surface area contributed by atoms with Gasteiger partial charge in [-0.25, -0.2) is 0 Å². The summed E-state index contributed by atoms with van der Waals surface area (Å²) in [5, 5.41) is 3.51. The van der Waals surface area contributed by atoms with Crippen molar-refractivity contribution in [3.63, 3.8) is 0 Å². The van der Waals surface area contributed by atoms with E-state index in [0.29, 0.717) is 5.41 Å². The number of halogens is 2. The highest BCUT2D eigenvalue weighted by molar-refractivity contribution is 7.99. The van der Waals surface area contributed by atoms with Gasteiger partial charge in [-0.05, 0) is 69.5 Å². The second-order valence-corrected chi connectivity index (χ2v) is 7.04. The molecule has 2 fully saturated rings. The molecule has 0 aromatic rings. The lowest BCUT2D eigenvalue weighted by Crippen LogP contribution is -2.37. The summed E-state index contributed by atoms with van der Waals surface area (Å²) in [4.78, 5) is 2.71. The first kappa shape index (κ1) is 19.9. The second-order valence-electron chi connectivity index (χ2n) is 5.64. The van der Waals surface area contributed by atoms with Crippen molar-refractivity contribution in [3.05, 3.63) is 0 Å². The van der Waals surface area contributed by atoms with Gasteiger partial charge in [-0.15, -0.1) is 24.8 Å². The zero-order chi connectivity index (χ0) is 12.0. The standard InChI is InChI=1S/C14H28N2S.2ClH/c1-2-17-13-12-16-10-3-4-14(7-11-16)5-8-15-9-6-14;;/h15H,2-13H2,1H3;2*1H. The van der Waals surface area contributed by atoms with Crippen LogP contribution in [0.2, 0.25) is 0 Å². The van der Waals surface area contributed by atoms with Crippen LogP contribution in [0.3, 0.4) is 0 Å². The Balaban J connectivity index is 0.00000162. The molecule has 0 bridgehead atoms. The fourth-order valence-corrected chi connectivity index (χ4v) is 4.00. The maximum Gasteiger partial charge on any atom is 0.00723 e. The number of hydrogen-bond acceptors (Lipinski definition) is 3. The molecule has 116 valence electrons. The van der Waals surface area contributed by atoms with Gasteiger partial charge in [0.15, 0.2) is 0 Å². The third-order valence-electron chi connectivity index (χ3n) is 4.56. The van der Waals surface area contributed by atoms with Crippen molar-refractivity contribution in [1.29, 1.82) is 0 Å². The van der Waals surface area contributed by atoms with Crippen molar-refractivity contribution in [2.24, 2.45) is 5.41 Å². The molecule has 0 atom stereocenters. The van der Waals surface area contributed by atoms with Crippen LogP contribution < -0.4 is 5.32 Å². The van der Waals surface area contributed by atoms with E-state index >= 15 is 0 Å². The molecule has 0 aromatic heterocycles. The van der Waals surface area contributed by atoms with Crippen molar-refractivity contribution in [1.82, 2.24) is 10.2 Å². The summed E-state index contributed by atoms with van der Waals surface area (Å²) in [7, 11) is 0. The molecule has 1 N–H and O–H groups in total. The first-order valence-corrected chi connectivity index (χ1v) is 8.51. The lowest BCUT2D eigenvalue weighted by atomic mass is 9.73. The van der Waals surface area contributed by atoms with Gasteiger partial charge in [0.1, 0.15) is 0 Å². The molecule has 0 aliphatic carbocycles. The molecule has 1 spiro atoms. The number of piperidine rings is 1. The predicted octanol–water partition coefficient (Wildman–Crippen LogP) is 3.44. The van der Waals surface area contributed by atoms with Crippen LogP contribution >= 0.6 is 36.6 Å². The zero-order valence-corrected chi connectivity index (χ0v) is 14.6. The Morgan fingerprint density at radius 3 is 2.47 bits per heavy atom. The number of nitrogens with zero attached hydrogens (tertiary/aromatic N) is 1. The third kappa shape index (κ3) is 6.43. The smallest absolute Gasteiger partial charge is 0.00723 e. The van der Waals surface area contributed by atoms with E-state index in [-0.39, 0.29) is 24.8 Å². The van der Waals surface area contributed by atoms with Crippen LogP contribution in [0.15, 0.2) is 0 Å². The Morgan fingerprint density at radius 1 is 1.05 bits per heavy atom. The van der Waals surface area contributed by atoms with E-state index in [4.69, 9.17) is 0 Å².